The first kappa shape index (κ1) is 18.5. The summed E-state index contributed by atoms with van der Waals surface area (Å²) in [7, 11) is 0. The predicted octanol–water partition coefficient (Wildman–Crippen LogP) is 5.10. The van der Waals surface area contributed by atoms with Gasteiger partial charge in [0.1, 0.15) is 11.6 Å². The van der Waals surface area contributed by atoms with Crippen LogP contribution in [0.5, 0.6) is 0 Å². The molecule has 0 aliphatic rings. The smallest absolute Gasteiger partial charge is 0.230 e. The lowest BCUT2D eigenvalue weighted by atomic mass is 10.1. The molecule has 4 aromatic rings. The minimum atomic E-state index is -0.571. The van der Waals surface area contributed by atoms with E-state index in [0.717, 1.165) is 20.9 Å². The highest BCUT2D eigenvalue weighted by atomic mass is 35.5. The normalized spacial score (nSPS) is 12.2. The summed E-state index contributed by atoms with van der Waals surface area (Å²) in [5.41, 5.74) is 2.30. The molecule has 0 unspecified atom stereocenters. The Morgan fingerprint density at radius 1 is 1.04 bits per heavy atom. The first-order chi connectivity index (χ1) is 13.6. The van der Waals surface area contributed by atoms with Gasteiger partial charge in [-0.25, -0.2) is 4.68 Å². The average molecular weight is 411 g/mol. The summed E-state index contributed by atoms with van der Waals surface area (Å²) >= 11 is 7.51. The summed E-state index contributed by atoms with van der Waals surface area (Å²) in [6, 6.07) is 22.1. The number of fused-ring (bicyclic) bond motifs is 1. The van der Waals surface area contributed by atoms with E-state index in [2.05, 4.69) is 10.3 Å². The van der Waals surface area contributed by atoms with Crippen molar-refractivity contribution in [2.45, 2.75) is 15.8 Å². The van der Waals surface area contributed by atoms with E-state index in [0.29, 0.717) is 10.5 Å². The van der Waals surface area contributed by atoms with Crippen molar-refractivity contribution in [2.75, 3.05) is 6.54 Å². The van der Waals surface area contributed by atoms with Crippen molar-refractivity contribution in [1.29, 1.82) is 0 Å². The van der Waals surface area contributed by atoms with E-state index in [1.54, 1.807) is 4.68 Å². The molecular formula is C20H15ClN4O2S. The van der Waals surface area contributed by atoms with Gasteiger partial charge in [-0.15, -0.1) is 5.10 Å². The third kappa shape index (κ3) is 3.85. The minimum Gasteiger partial charge on any atom is -0.264 e. The molecule has 4 rings (SSSR count). The molecule has 1 heterocycles. The predicted molar refractivity (Wildman–Crippen MR) is 110 cm³/mol. The van der Waals surface area contributed by atoms with Crippen LogP contribution in [0, 0.1) is 10.1 Å². The fourth-order valence-electron chi connectivity index (χ4n) is 3.04. The maximum absolute atomic E-state index is 11.4. The Balaban J connectivity index is 1.79. The first-order valence-corrected chi connectivity index (χ1v) is 9.75. The second kappa shape index (κ2) is 8.00. The van der Waals surface area contributed by atoms with E-state index in [1.807, 2.05) is 72.8 Å². The van der Waals surface area contributed by atoms with Gasteiger partial charge in [-0.05, 0) is 48.0 Å². The van der Waals surface area contributed by atoms with E-state index < -0.39 is 6.04 Å². The van der Waals surface area contributed by atoms with Crippen molar-refractivity contribution in [1.82, 2.24) is 15.0 Å². The van der Waals surface area contributed by atoms with Crippen molar-refractivity contribution < 1.29 is 4.92 Å². The average Bonchev–Trinajstić information content (AvgIpc) is 3.12. The largest absolute Gasteiger partial charge is 0.264 e. The Morgan fingerprint density at radius 3 is 2.54 bits per heavy atom. The van der Waals surface area contributed by atoms with Crippen LogP contribution in [0.15, 0.2) is 82.6 Å². The summed E-state index contributed by atoms with van der Waals surface area (Å²) in [6.45, 7) is -0.286. The Hall–Kier alpha value is -2.90. The fourth-order valence-corrected chi connectivity index (χ4v) is 4.16. The molecule has 0 saturated carbocycles. The first-order valence-electron chi connectivity index (χ1n) is 8.56. The van der Waals surface area contributed by atoms with Crippen LogP contribution in [0.25, 0.3) is 11.0 Å². The van der Waals surface area contributed by atoms with E-state index >= 15 is 0 Å². The Kier molecular flexibility index (Phi) is 5.27. The molecule has 28 heavy (non-hydrogen) atoms. The molecule has 1 atom stereocenters. The summed E-state index contributed by atoms with van der Waals surface area (Å²) in [5.74, 6) is 0. The summed E-state index contributed by atoms with van der Waals surface area (Å²) in [5, 5.41) is 20.5. The third-order valence-electron chi connectivity index (χ3n) is 4.31. The molecule has 0 saturated heterocycles. The van der Waals surface area contributed by atoms with Crippen LogP contribution in [0.3, 0.4) is 0 Å². The van der Waals surface area contributed by atoms with Crippen LogP contribution in [-0.2, 0) is 0 Å². The number of aromatic nitrogens is 3. The Labute approximate surface area is 170 Å². The van der Waals surface area contributed by atoms with Crippen LogP contribution in [0.4, 0.5) is 0 Å². The van der Waals surface area contributed by atoms with Crippen LogP contribution in [0.1, 0.15) is 11.6 Å². The molecule has 0 radical (unpaired) electrons. The van der Waals surface area contributed by atoms with E-state index in [4.69, 9.17) is 11.6 Å². The second-order valence-corrected chi connectivity index (χ2v) is 7.70. The lowest BCUT2D eigenvalue weighted by Gasteiger charge is -2.18. The lowest BCUT2D eigenvalue weighted by Crippen LogP contribution is -2.22. The number of benzene rings is 3. The van der Waals surface area contributed by atoms with Crippen molar-refractivity contribution in [3.8, 4) is 0 Å². The number of nitro groups is 1. The molecule has 0 bridgehead atoms. The molecule has 0 aliphatic carbocycles. The van der Waals surface area contributed by atoms with Gasteiger partial charge in [0.2, 0.25) is 6.54 Å². The van der Waals surface area contributed by atoms with Crippen molar-refractivity contribution in [3.05, 3.63) is 93.5 Å². The highest BCUT2D eigenvalue weighted by Crippen LogP contribution is 2.35. The number of rotatable bonds is 6. The van der Waals surface area contributed by atoms with E-state index in [1.165, 1.54) is 11.8 Å². The molecule has 0 spiro atoms. The summed E-state index contributed by atoms with van der Waals surface area (Å²) in [6.07, 6.45) is 0. The van der Waals surface area contributed by atoms with Gasteiger partial charge in [0, 0.05) is 19.7 Å². The van der Waals surface area contributed by atoms with Crippen LogP contribution >= 0.6 is 23.4 Å². The monoisotopic (exact) mass is 410 g/mol. The molecule has 3 aromatic carbocycles. The number of hydrogen-bond donors (Lipinski definition) is 0. The Bertz CT molecular complexity index is 1130. The van der Waals surface area contributed by atoms with Crippen LogP contribution < -0.4 is 0 Å². The SMILES string of the molecule is O=[N+]([O-])C[C@@H](c1ccccc1Sc1ccc(Cl)cc1)n1nnc2ccccc21. The summed E-state index contributed by atoms with van der Waals surface area (Å²) < 4.78 is 1.64. The number of halogens is 1. The molecule has 140 valence electrons. The molecule has 1 aromatic heterocycles. The third-order valence-corrected chi connectivity index (χ3v) is 5.67. The molecular weight excluding hydrogens is 396 g/mol. The van der Waals surface area contributed by atoms with E-state index in [-0.39, 0.29) is 11.5 Å². The zero-order chi connectivity index (χ0) is 19.5. The highest BCUT2D eigenvalue weighted by molar-refractivity contribution is 7.99. The molecule has 0 fully saturated rings. The number of para-hydroxylation sites is 1. The molecule has 0 amide bonds. The standard InChI is InChI=1S/C20H15ClN4O2S/c21-14-9-11-15(12-10-14)28-20-8-4-1-5-16(20)19(13-24(26)27)25-18-7-3-2-6-17(18)22-23-25/h1-12,19H,13H2/t19-/m0/s1. The molecule has 8 heteroatoms. The molecule has 0 aliphatic heterocycles. The molecule has 0 N–H and O–H groups in total. The maximum atomic E-state index is 11.4. The zero-order valence-electron chi connectivity index (χ0n) is 14.6. The van der Waals surface area contributed by atoms with Gasteiger partial charge >= 0.3 is 0 Å². The van der Waals surface area contributed by atoms with Gasteiger partial charge in [0.05, 0.1) is 5.52 Å². The minimum absolute atomic E-state index is 0.286. The van der Waals surface area contributed by atoms with Crippen LogP contribution in [0.2, 0.25) is 5.02 Å². The van der Waals surface area contributed by atoms with Crippen LogP contribution in [-0.4, -0.2) is 26.5 Å². The molecule has 6 nitrogen and oxygen atoms in total. The topological polar surface area (TPSA) is 73.8 Å². The van der Waals surface area contributed by atoms with Gasteiger partial charge in [0.25, 0.3) is 0 Å². The quantitative estimate of drug-likeness (QED) is 0.326. The Morgan fingerprint density at radius 2 is 1.75 bits per heavy atom. The highest BCUT2D eigenvalue weighted by Gasteiger charge is 2.25. The van der Waals surface area contributed by atoms with Crippen molar-refractivity contribution >= 4 is 34.4 Å². The van der Waals surface area contributed by atoms with Gasteiger partial charge in [-0.2, -0.15) is 0 Å². The van der Waals surface area contributed by atoms with Crippen molar-refractivity contribution in [2.24, 2.45) is 0 Å². The van der Waals surface area contributed by atoms with Gasteiger partial charge < -0.3 is 0 Å². The maximum Gasteiger partial charge on any atom is 0.230 e. The second-order valence-electron chi connectivity index (χ2n) is 6.15. The van der Waals surface area contributed by atoms with Gasteiger partial charge in [-0.3, -0.25) is 10.1 Å². The van der Waals surface area contributed by atoms with Gasteiger partial charge in [0.15, 0.2) is 0 Å². The zero-order valence-corrected chi connectivity index (χ0v) is 16.2. The fraction of sp³-hybridized carbons (Fsp3) is 0.100. The lowest BCUT2D eigenvalue weighted by molar-refractivity contribution is -0.484. The van der Waals surface area contributed by atoms with Crippen molar-refractivity contribution in [3.63, 3.8) is 0 Å². The van der Waals surface area contributed by atoms with E-state index in [9.17, 15) is 10.1 Å². The number of hydrogen-bond acceptors (Lipinski definition) is 5. The summed E-state index contributed by atoms with van der Waals surface area (Å²) in [4.78, 5) is 13.1. The number of nitrogens with zero attached hydrogens (tertiary/aromatic N) is 4. The van der Waals surface area contributed by atoms with Gasteiger partial charge in [-0.1, -0.05) is 58.9 Å².